The van der Waals surface area contributed by atoms with Gasteiger partial charge < -0.3 is 14.2 Å². The van der Waals surface area contributed by atoms with E-state index in [1.54, 1.807) is 0 Å². The summed E-state index contributed by atoms with van der Waals surface area (Å²) in [5, 5.41) is 0. The van der Waals surface area contributed by atoms with Crippen molar-refractivity contribution in [3.05, 3.63) is 0 Å². The molecule has 0 bridgehead atoms. The summed E-state index contributed by atoms with van der Waals surface area (Å²) in [5.41, 5.74) is 0.0191. The van der Waals surface area contributed by atoms with Gasteiger partial charge in [-0.15, -0.1) is 0 Å². The Hall–Kier alpha value is -0.393. The molecule has 0 aromatic carbocycles. The quantitative estimate of drug-likeness (QED) is 0.354. The van der Waals surface area contributed by atoms with E-state index in [1.165, 1.54) is 6.92 Å². The summed E-state index contributed by atoms with van der Waals surface area (Å²) in [5.74, 6) is -0.356. The van der Waals surface area contributed by atoms with Gasteiger partial charge in [-0.3, -0.25) is 4.79 Å². The summed E-state index contributed by atoms with van der Waals surface area (Å²) >= 11 is 0. The van der Waals surface area contributed by atoms with Crippen LogP contribution in [0, 0.1) is 0 Å². The zero-order valence-corrected chi connectivity index (χ0v) is 11.5. The van der Waals surface area contributed by atoms with Gasteiger partial charge in [-0.25, -0.2) is 0 Å². The highest BCUT2D eigenvalue weighted by atomic mass is 28.2. The molecule has 90 valence electrons. The first kappa shape index (κ1) is 14.6. The van der Waals surface area contributed by atoms with Gasteiger partial charge in [-0.05, 0) is 20.3 Å². The van der Waals surface area contributed by atoms with Gasteiger partial charge >= 0.3 is 5.97 Å². The minimum atomic E-state index is -0.713. The SMILES string of the molecule is CCOC(OCC)[SiH2]C(CC)OC(C)=O. The molecule has 0 saturated heterocycles. The van der Waals surface area contributed by atoms with Gasteiger partial charge in [0.2, 0.25) is 0 Å². The van der Waals surface area contributed by atoms with Gasteiger partial charge in [0.05, 0.1) is 5.73 Å². The van der Waals surface area contributed by atoms with E-state index in [-0.39, 0.29) is 17.6 Å². The zero-order valence-electron chi connectivity index (χ0n) is 10.1. The van der Waals surface area contributed by atoms with E-state index >= 15 is 0 Å². The second kappa shape index (κ2) is 8.88. The fourth-order valence-electron chi connectivity index (χ4n) is 1.30. The molecule has 0 aliphatic heterocycles. The highest BCUT2D eigenvalue weighted by molar-refractivity contribution is 6.38. The van der Waals surface area contributed by atoms with Crippen molar-refractivity contribution in [2.75, 3.05) is 13.2 Å². The van der Waals surface area contributed by atoms with Crippen molar-refractivity contribution in [2.24, 2.45) is 0 Å². The molecule has 5 heteroatoms. The predicted molar refractivity (Wildman–Crippen MR) is 61.4 cm³/mol. The number of carbonyl (C=O) groups excluding carboxylic acids is 1. The normalized spacial score (nSPS) is 13.7. The number of hydrogen-bond donors (Lipinski definition) is 0. The number of esters is 1. The van der Waals surface area contributed by atoms with E-state index in [9.17, 15) is 4.79 Å². The van der Waals surface area contributed by atoms with Crippen LogP contribution in [0.3, 0.4) is 0 Å². The highest BCUT2D eigenvalue weighted by Gasteiger charge is 2.18. The Morgan fingerprint density at radius 2 is 1.73 bits per heavy atom. The number of rotatable bonds is 8. The Morgan fingerprint density at radius 3 is 2.07 bits per heavy atom. The maximum atomic E-state index is 10.8. The highest BCUT2D eigenvalue weighted by Crippen LogP contribution is 2.03. The van der Waals surface area contributed by atoms with Crippen molar-refractivity contribution >= 4 is 15.5 Å². The van der Waals surface area contributed by atoms with Crippen LogP contribution in [0.2, 0.25) is 0 Å². The molecule has 1 unspecified atom stereocenters. The summed E-state index contributed by atoms with van der Waals surface area (Å²) in [4.78, 5) is 10.8. The number of carbonyl (C=O) groups is 1. The molecule has 0 fully saturated rings. The van der Waals surface area contributed by atoms with Gasteiger partial charge in [0.15, 0.2) is 0 Å². The lowest BCUT2D eigenvalue weighted by Gasteiger charge is -2.21. The van der Waals surface area contributed by atoms with Crippen LogP contribution < -0.4 is 0 Å². The molecule has 0 N–H and O–H groups in total. The summed E-state index contributed by atoms with van der Waals surface area (Å²) in [6, 6.07) is 0. The van der Waals surface area contributed by atoms with Crippen LogP contribution in [-0.2, 0) is 19.0 Å². The molecule has 0 amide bonds. The van der Waals surface area contributed by atoms with Crippen LogP contribution in [-0.4, -0.2) is 40.3 Å². The van der Waals surface area contributed by atoms with E-state index in [0.29, 0.717) is 13.2 Å². The smallest absolute Gasteiger partial charge is 0.302 e. The van der Waals surface area contributed by atoms with E-state index in [2.05, 4.69) is 0 Å². The van der Waals surface area contributed by atoms with Crippen molar-refractivity contribution in [3.63, 3.8) is 0 Å². The molecule has 0 heterocycles. The molecule has 0 radical (unpaired) electrons. The van der Waals surface area contributed by atoms with Crippen molar-refractivity contribution in [2.45, 2.75) is 45.8 Å². The third-order valence-electron chi connectivity index (χ3n) is 1.95. The minimum absolute atomic E-state index is 0.0191. The van der Waals surface area contributed by atoms with Crippen LogP contribution in [0.25, 0.3) is 0 Å². The summed E-state index contributed by atoms with van der Waals surface area (Å²) in [6.07, 6.45) is 0.836. The molecule has 0 rings (SSSR count). The molecule has 0 saturated carbocycles. The molecule has 0 aliphatic carbocycles. The molecular weight excluding hydrogens is 212 g/mol. The molecular formula is C10H22O4Si. The first-order valence-corrected chi connectivity index (χ1v) is 7.17. The van der Waals surface area contributed by atoms with Gasteiger partial charge in [0, 0.05) is 20.1 Å². The third kappa shape index (κ3) is 7.53. The summed E-state index contributed by atoms with van der Waals surface area (Å²) < 4.78 is 16.1. The first-order chi connectivity index (χ1) is 7.13. The summed E-state index contributed by atoms with van der Waals surface area (Å²) in [6.45, 7) is 8.59. The average Bonchev–Trinajstić information content (AvgIpc) is 2.16. The molecule has 0 aliphatic rings. The molecule has 1 atom stereocenters. The lowest BCUT2D eigenvalue weighted by atomic mass is 10.5. The Labute approximate surface area is 94.1 Å². The largest absolute Gasteiger partial charge is 0.467 e. The van der Waals surface area contributed by atoms with Crippen LogP contribution in [0.15, 0.2) is 0 Å². The van der Waals surface area contributed by atoms with Crippen molar-refractivity contribution in [3.8, 4) is 0 Å². The van der Waals surface area contributed by atoms with Crippen LogP contribution in [0.5, 0.6) is 0 Å². The van der Waals surface area contributed by atoms with Crippen molar-refractivity contribution < 1.29 is 19.0 Å². The fraction of sp³-hybridized carbons (Fsp3) is 0.900. The van der Waals surface area contributed by atoms with E-state index in [0.717, 1.165) is 6.42 Å². The second-order valence-electron chi connectivity index (χ2n) is 3.22. The van der Waals surface area contributed by atoms with E-state index in [1.807, 2.05) is 20.8 Å². The molecule has 15 heavy (non-hydrogen) atoms. The Morgan fingerprint density at radius 1 is 1.20 bits per heavy atom. The number of hydrogen-bond acceptors (Lipinski definition) is 4. The molecule has 4 nitrogen and oxygen atoms in total. The minimum Gasteiger partial charge on any atom is -0.467 e. The Kier molecular flexibility index (Phi) is 8.65. The lowest BCUT2D eigenvalue weighted by molar-refractivity contribution is -0.143. The van der Waals surface area contributed by atoms with Crippen LogP contribution in [0.1, 0.15) is 34.1 Å². The summed E-state index contributed by atoms with van der Waals surface area (Å²) in [7, 11) is -0.713. The Balaban J connectivity index is 4.02. The number of ether oxygens (including phenoxy) is 3. The topological polar surface area (TPSA) is 44.8 Å². The standard InChI is InChI=1S/C10H22O4Si/c1-5-9(14-8(4)11)15-10(12-6-2)13-7-3/h9-10H,5-7,15H2,1-4H3. The third-order valence-corrected chi connectivity index (χ3v) is 4.07. The van der Waals surface area contributed by atoms with Gasteiger partial charge in [-0.2, -0.15) is 0 Å². The van der Waals surface area contributed by atoms with Gasteiger partial charge in [0.1, 0.15) is 15.4 Å². The van der Waals surface area contributed by atoms with Crippen molar-refractivity contribution in [1.29, 1.82) is 0 Å². The molecule has 0 aromatic rings. The predicted octanol–water partition coefficient (Wildman–Crippen LogP) is 0.811. The van der Waals surface area contributed by atoms with Crippen LogP contribution in [0.4, 0.5) is 0 Å². The lowest BCUT2D eigenvalue weighted by Crippen LogP contribution is -2.35. The maximum Gasteiger partial charge on any atom is 0.302 e. The molecule has 0 spiro atoms. The van der Waals surface area contributed by atoms with Crippen molar-refractivity contribution in [1.82, 2.24) is 0 Å². The monoisotopic (exact) mass is 234 g/mol. The molecule has 0 aromatic heterocycles. The Bertz CT molecular complexity index is 169. The average molecular weight is 234 g/mol. The first-order valence-electron chi connectivity index (χ1n) is 5.54. The maximum absolute atomic E-state index is 10.8. The van der Waals surface area contributed by atoms with E-state index in [4.69, 9.17) is 14.2 Å². The van der Waals surface area contributed by atoms with Gasteiger partial charge in [0.25, 0.3) is 0 Å². The van der Waals surface area contributed by atoms with Gasteiger partial charge in [-0.1, -0.05) is 6.92 Å². The van der Waals surface area contributed by atoms with E-state index < -0.39 is 9.52 Å². The fourth-order valence-corrected chi connectivity index (χ4v) is 3.14. The van der Waals surface area contributed by atoms with Crippen LogP contribution >= 0.6 is 0 Å². The zero-order chi connectivity index (χ0) is 11.7. The second-order valence-corrected chi connectivity index (χ2v) is 5.26.